The van der Waals surface area contributed by atoms with Gasteiger partial charge in [0.05, 0.1) is 6.42 Å². The topological polar surface area (TPSA) is 67.4 Å². The maximum Gasteiger partial charge on any atom is 0.262 e. The molecule has 0 atom stereocenters. The van der Waals surface area contributed by atoms with Gasteiger partial charge in [0.25, 0.3) is 5.91 Å². The molecule has 0 aliphatic heterocycles. The minimum atomic E-state index is -0.417. The largest absolute Gasteiger partial charge is 0.484 e. The highest BCUT2D eigenvalue weighted by Gasteiger charge is 2.22. The summed E-state index contributed by atoms with van der Waals surface area (Å²) in [5.41, 5.74) is 1.49. The van der Waals surface area contributed by atoms with Gasteiger partial charge in [-0.15, -0.1) is 0 Å². The lowest BCUT2D eigenvalue weighted by atomic mass is 10.1. The number of carbonyl (C=O) groups is 2. The van der Waals surface area contributed by atoms with Crippen molar-refractivity contribution in [1.82, 2.24) is 5.32 Å². The van der Waals surface area contributed by atoms with Gasteiger partial charge in [-0.05, 0) is 42.7 Å². The van der Waals surface area contributed by atoms with E-state index in [9.17, 15) is 14.0 Å². The molecule has 0 bridgehead atoms. The number of nitrogens with one attached hydrogen (secondary N) is 2. The SMILES string of the molecule is O=C(COc1cccc(F)c1)Nc1ccc(CC(=O)NC2CC2)cc1. The quantitative estimate of drug-likeness (QED) is 0.813. The van der Waals surface area contributed by atoms with Gasteiger partial charge in [-0.2, -0.15) is 0 Å². The summed E-state index contributed by atoms with van der Waals surface area (Å²) in [6.45, 7) is -0.213. The summed E-state index contributed by atoms with van der Waals surface area (Å²) in [6.07, 6.45) is 2.45. The molecular formula is C19H19FN2O3. The van der Waals surface area contributed by atoms with Crippen LogP contribution < -0.4 is 15.4 Å². The first-order valence-corrected chi connectivity index (χ1v) is 8.15. The molecule has 0 aromatic heterocycles. The van der Waals surface area contributed by atoms with Gasteiger partial charge >= 0.3 is 0 Å². The Labute approximate surface area is 145 Å². The van der Waals surface area contributed by atoms with Crippen molar-refractivity contribution in [2.75, 3.05) is 11.9 Å². The highest BCUT2D eigenvalue weighted by Crippen LogP contribution is 2.19. The van der Waals surface area contributed by atoms with E-state index >= 15 is 0 Å². The van der Waals surface area contributed by atoms with Gasteiger partial charge in [-0.1, -0.05) is 18.2 Å². The summed E-state index contributed by atoms with van der Waals surface area (Å²) in [7, 11) is 0. The van der Waals surface area contributed by atoms with E-state index in [1.165, 1.54) is 18.2 Å². The minimum Gasteiger partial charge on any atom is -0.484 e. The van der Waals surface area contributed by atoms with Gasteiger partial charge in [0, 0.05) is 17.8 Å². The highest BCUT2D eigenvalue weighted by molar-refractivity contribution is 5.92. The molecule has 0 heterocycles. The van der Waals surface area contributed by atoms with E-state index in [1.807, 2.05) is 0 Å². The van der Waals surface area contributed by atoms with Crippen LogP contribution in [-0.2, 0) is 16.0 Å². The standard InChI is InChI=1S/C19H19FN2O3/c20-14-2-1-3-17(11-14)25-12-19(24)22-15-6-4-13(5-7-15)10-18(23)21-16-8-9-16/h1-7,11,16H,8-10,12H2,(H,21,23)(H,22,24). The second-order valence-corrected chi connectivity index (χ2v) is 6.01. The van der Waals surface area contributed by atoms with Gasteiger partial charge in [0.2, 0.25) is 5.91 Å². The fraction of sp³-hybridized carbons (Fsp3) is 0.263. The average molecular weight is 342 g/mol. The molecule has 25 heavy (non-hydrogen) atoms. The van der Waals surface area contributed by atoms with Crippen molar-refractivity contribution >= 4 is 17.5 Å². The monoisotopic (exact) mass is 342 g/mol. The van der Waals surface area contributed by atoms with Crippen molar-refractivity contribution in [2.24, 2.45) is 0 Å². The van der Waals surface area contributed by atoms with Gasteiger partial charge in [-0.25, -0.2) is 4.39 Å². The molecule has 3 rings (SSSR count). The van der Waals surface area contributed by atoms with Crippen LogP contribution in [0.2, 0.25) is 0 Å². The number of hydrogen-bond donors (Lipinski definition) is 2. The second kappa shape index (κ2) is 7.79. The zero-order valence-electron chi connectivity index (χ0n) is 13.6. The Balaban J connectivity index is 1.45. The molecule has 2 N–H and O–H groups in total. The molecule has 1 aliphatic rings. The summed E-state index contributed by atoms with van der Waals surface area (Å²) in [5.74, 6) is -0.447. The number of carbonyl (C=O) groups excluding carboxylic acids is 2. The van der Waals surface area contributed by atoms with Crippen molar-refractivity contribution in [3.63, 3.8) is 0 Å². The molecule has 1 fully saturated rings. The Morgan fingerprint density at radius 1 is 1.08 bits per heavy atom. The Morgan fingerprint density at radius 3 is 2.52 bits per heavy atom. The zero-order chi connectivity index (χ0) is 17.6. The van der Waals surface area contributed by atoms with Crippen LogP contribution in [0.15, 0.2) is 48.5 Å². The van der Waals surface area contributed by atoms with E-state index < -0.39 is 5.82 Å². The van der Waals surface area contributed by atoms with Crippen LogP contribution in [0.3, 0.4) is 0 Å². The van der Waals surface area contributed by atoms with E-state index in [-0.39, 0.29) is 18.4 Å². The van der Waals surface area contributed by atoms with Crippen molar-refractivity contribution in [1.29, 1.82) is 0 Å². The van der Waals surface area contributed by atoms with Crippen LogP contribution in [0.25, 0.3) is 0 Å². The van der Waals surface area contributed by atoms with Gasteiger partial charge in [0.15, 0.2) is 6.61 Å². The Morgan fingerprint density at radius 2 is 1.84 bits per heavy atom. The number of ether oxygens (including phenoxy) is 1. The van der Waals surface area contributed by atoms with Crippen LogP contribution in [0, 0.1) is 5.82 Å². The van der Waals surface area contributed by atoms with E-state index in [1.54, 1.807) is 30.3 Å². The number of halogens is 1. The third-order valence-corrected chi connectivity index (χ3v) is 3.71. The van der Waals surface area contributed by atoms with E-state index in [4.69, 9.17) is 4.74 Å². The van der Waals surface area contributed by atoms with Crippen LogP contribution in [-0.4, -0.2) is 24.5 Å². The van der Waals surface area contributed by atoms with Crippen molar-refractivity contribution in [2.45, 2.75) is 25.3 Å². The lowest BCUT2D eigenvalue weighted by Gasteiger charge is -2.08. The Kier molecular flexibility index (Phi) is 5.28. The average Bonchev–Trinajstić information content (AvgIpc) is 3.39. The molecule has 2 aromatic carbocycles. The number of anilines is 1. The third-order valence-electron chi connectivity index (χ3n) is 3.71. The van der Waals surface area contributed by atoms with Crippen LogP contribution in [0.5, 0.6) is 5.75 Å². The predicted octanol–water partition coefficient (Wildman–Crippen LogP) is 2.66. The van der Waals surface area contributed by atoms with Crippen molar-refractivity contribution in [3.05, 3.63) is 59.9 Å². The molecule has 2 amide bonds. The number of rotatable bonds is 7. The van der Waals surface area contributed by atoms with Crippen LogP contribution in [0.1, 0.15) is 18.4 Å². The number of amides is 2. The first kappa shape index (κ1) is 17.0. The van der Waals surface area contributed by atoms with E-state index in [2.05, 4.69) is 10.6 Å². The fourth-order valence-electron chi connectivity index (χ4n) is 2.30. The summed E-state index contributed by atoms with van der Waals surface area (Å²) < 4.78 is 18.3. The summed E-state index contributed by atoms with van der Waals surface area (Å²) in [5, 5.41) is 5.62. The third kappa shape index (κ3) is 5.60. The molecule has 0 saturated heterocycles. The van der Waals surface area contributed by atoms with Gasteiger partial charge < -0.3 is 15.4 Å². The smallest absolute Gasteiger partial charge is 0.262 e. The van der Waals surface area contributed by atoms with Crippen molar-refractivity contribution < 1.29 is 18.7 Å². The van der Waals surface area contributed by atoms with E-state index in [0.29, 0.717) is 23.9 Å². The number of benzene rings is 2. The van der Waals surface area contributed by atoms with Gasteiger partial charge in [-0.3, -0.25) is 9.59 Å². The van der Waals surface area contributed by atoms with Crippen LogP contribution in [0.4, 0.5) is 10.1 Å². The first-order valence-electron chi connectivity index (χ1n) is 8.15. The molecule has 130 valence electrons. The Hall–Kier alpha value is -2.89. The molecule has 1 aliphatic carbocycles. The fourth-order valence-corrected chi connectivity index (χ4v) is 2.30. The maximum atomic E-state index is 13.0. The molecule has 6 heteroatoms. The summed E-state index contributed by atoms with van der Waals surface area (Å²) in [6, 6.07) is 13.0. The van der Waals surface area contributed by atoms with Crippen molar-refractivity contribution in [3.8, 4) is 5.75 Å². The molecule has 0 spiro atoms. The summed E-state index contributed by atoms with van der Waals surface area (Å²) in [4.78, 5) is 23.6. The normalized spacial score (nSPS) is 13.2. The van der Waals surface area contributed by atoms with E-state index in [0.717, 1.165) is 18.4 Å². The molecule has 1 saturated carbocycles. The van der Waals surface area contributed by atoms with Crippen LogP contribution >= 0.6 is 0 Å². The zero-order valence-corrected chi connectivity index (χ0v) is 13.6. The molecule has 2 aromatic rings. The minimum absolute atomic E-state index is 0.0165. The number of hydrogen-bond acceptors (Lipinski definition) is 3. The molecule has 5 nitrogen and oxygen atoms in total. The Bertz CT molecular complexity index is 758. The lowest BCUT2D eigenvalue weighted by Crippen LogP contribution is -2.26. The highest BCUT2D eigenvalue weighted by atomic mass is 19.1. The lowest BCUT2D eigenvalue weighted by molar-refractivity contribution is -0.120. The second-order valence-electron chi connectivity index (χ2n) is 6.01. The molecular weight excluding hydrogens is 323 g/mol. The van der Waals surface area contributed by atoms with Gasteiger partial charge in [0.1, 0.15) is 11.6 Å². The summed E-state index contributed by atoms with van der Waals surface area (Å²) >= 11 is 0. The molecule has 0 radical (unpaired) electrons. The first-order chi connectivity index (χ1) is 12.1. The molecule has 0 unspecified atom stereocenters. The predicted molar refractivity (Wildman–Crippen MR) is 91.8 cm³/mol. The maximum absolute atomic E-state index is 13.0.